The molecule has 0 aliphatic heterocycles. The first-order valence-corrected chi connectivity index (χ1v) is 10.6. The molecule has 8 nitrogen and oxygen atoms in total. The molecule has 0 radical (unpaired) electrons. The number of carboxylic acids is 1. The summed E-state index contributed by atoms with van der Waals surface area (Å²) in [6, 6.07) is 8.05. The first kappa shape index (κ1) is 26.4. The van der Waals surface area contributed by atoms with Crippen LogP contribution in [0.25, 0.3) is 0 Å². The lowest BCUT2D eigenvalue weighted by atomic mass is 9.80. The van der Waals surface area contributed by atoms with Crippen LogP contribution in [0.15, 0.2) is 30.3 Å². The second kappa shape index (κ2) is 11.1. The SMILES string of the molecule is CCC[C@H](NC(=O)OC(C)(C)C)C(O)C(=O)NC(Cc1ccccc1)(C(=O)O)C(C)C. The van der Waals surface area contributed by atoms with E-state index in [1.165, 1.54) is 0 Å². The summed E-state index contributed by atoms with van der Waals surface area (Å²) in [6.45, 7) is 10.4. The molecule has 0 bridgehead atoms. The molecule has 1 aromatic carbocycles. The standard InChI is InChI=1S/C23H36N2O6/c1-7-11-17(24-21(30)31-22(4,5)6)18(26)19(27)25-23(15(2)3,20(28)29)14-16-12-9-8-10-13-16/h8-10,12-13,15,17-18,26H,7,11,14H2,1-6H3,(H,24,30)(H,25,27)(H,28,29)/t17-,18?,23?/m0/s1. The molecule has 0 saturated heterocycles. The van der Waals surface area contributed by atoms with Crippen LogP contribution in [0.2, 0.25) is 0 Å². The molecular formula is C23H36N2O6. The number of alkyl carbamates (subject to hydrolysis) is 1. The fourth-order valence-corrected chi connectivity index (χ4v) is 3.24. The highest BCUT2D eigenvalue weighted by Gasteiger charge is 2.45. The molecular weight excluding hydrogens is 400 g/mol. The van der Waals surface area contributed by atoms with E-state index < -0.39 is 47.2 Å². The van der Waals surface area contributed by atoms with Gasteiger partial charge < -0.3 is 25.6 Å². The van der Waals surface area contributed by atoms with E-state index in [9.17, 15) is 24.6 Å². The van der Waals surface area contributed by atoms with Gasteiger partial charge in [0.2, 0.25) is 0 Å². The van der Waals surface area contributed by atoms with E-state index in [1.54, 1.807) is 58.9 Å². The number of aliphatic hydroxyl groups excluding tert-OH is 1. The molecule has 3 atom stereocenters. The van der Waals surface area contributed by atoms with E-state index in [1.807, 2.05) is 13.0 Å². The van der Waals surface area contributed by atoms with Gasteiger partial charge in [-0.25, -0.2) is 9.59 Å². The Morgan fingerprint density at radius 2 is 1.68 bits per heavy atom. The van der Waals surface area contributed by atoms with Gasteiger partial charge in [-0.05, 0) is 38.7 Å². The van der Waals surface area contributed by atoms with Crippen LogP contribution in [-0.2, 0) is 20.7 Å². The van der Waals surface area contributed by atoms with Crippen LogP contribution in [-0.4, -0.2) is 51.5 Å². The molecule has 2 amide bonds. The van der Waals surface area contributed by atoms with Crippen LogP contribution in [0.3, 0.4) is 0 Å². The summed E-state index contributed by atoms with van der Waals surface area (Å²) in [5, 5.41) is 25.8. The minimum absolute atomic E-state index is 0.0528. The molecule has 0 saturated carbocycles. The highest BCUT2D eigenvalue weighted by atomic mass is 16.6. The van der Waals surface area contributed by atoms with Crippen molar-refractivity contribution in [1.29, 1.82) is 0 Å². The lowest BCUT2D eigenvalue weighted by Gasteiger charge is -2.36. The third-order valence-corrected chi connectivity index (χ3v) is 4.99. The highest BCUT2D eigenvalue weighted by molar-refractivity contribution is 5.90. The van der Waals surface area contributed by atoms with Crippen LogP contribution in [0.5, 0.6) is 0 Å². The third kappa shape index (κ3) is 7.86. The third-order valence-electron chi connectivity index (χ3n) is 4.99. The van der Waals surface area contributed by atoms with Crippen molar-refractivity contribution in [3.05, 3.63) is 35.9 Å². The summed E-state index contributed by atoms with van der Waals surface area (Å²) in [5.41, 5.74) is -1.62. The van der Waals surface area contributed by atoms with Gasteiger partial charge in [-0.3, -0.25) is 4.79 Å². The number of ether oxygens (including phenoxy) is 1. The second-order valence-electron chi connectivity index (χ2n) is 9.07. The average Bonchev–Trinajstić information content (AvgIpc) is 2.65. The molecule has 4 N–H and O–H groups in total. The number of nitrogens with one attached hydrogen (secondary N) is 2. The van der Waals surface area contributed by atoms with Crippen LogP contribution < -0.4 is 10.6 Å². The number of carbonyl (C=O) groups is 3. The molecule has 0 aromatic heterocycles. The largest absolute Gasteiger partial charge is 0.479 e. The number of aliphatic carboxylic acids is 1. The maximum atomic E-state index is 12.9. The highest BCUT2D eigenvalue weighted by Crippen LogP contribution is 2.24. The second-order valence-corrected chi connectivity index (χ2v) is 9.07. The maximum absolute atomic E-state index is 12.9. The van der Waals surface area contributed by atoms with Gasteiger partial charge in [-0.1, -0.05) is 57.5 Å². The number of carbonyl (C=O) groups excluding carboxylic acids is 2. The van der Waals surface area contributed by atoms with Crippen molar-refractivity contribution in [3.8, 4) is 0 Å². The van der Waals surface area contributed by atoms with Crippen LogP contribution in [0, 0.1) is 5.92 Å². The number of rotatable bonds is 10. The van der Waals surface area contributed by atoms with E-state index in [0.717, 1.165) is 5.56 Å². The molecule has 0 spiro atoms. The Kier molecular flexibility index (Phi) is 9.49. The number of carboxylic acid groups (broad SMARTS) is 1. The van der Waals surface area contributed by atoms with Crippen molar-refractivity contribution in [1.82, 2.24) is 10.6 Å². The summed E-state index contributed by atoms with van der Waals surface area (Å²) in [4.78, 5) is 37.3. The van der Waals surface area contributed by atoms with E-state index in [4.69, 9.17) is 4.74 Å². The normalized spacial score (nSPS) is 15.5. The Morgan fingerprint density at radius 1 is 1.10 bits per heavy atom. The Bertz CT molecular complexity index is 744. The van der Waals surface area contributed by atoms with Crippen molar-refractivity contribution in [2.75, 3.05) is 0 Å². The fraction of sp³-hybridized carbons (Fsp3) is 0.609. The predicted octanol–water partition coefficient (Wildman–Crippen LogP) is 2.88. The minimum atomic E-state index is -1.64. The molecule has 1 aromatic rings. The van der Waals surface area contributed by atoms with Gasteiger partial charge >= 0.3 is 12.1 Å². The zero-order valence-electron chi connectivity index (χ0n) is 19.3. The zero-order valence-corrected chi connectivity index (χ0v) is 19.3. The molecule has 0 fully saturated rings. The van der Waals surface area contributed by atoms with E-state index in [-0.39, 0.29) is 6.42 Å². The van der Waals surface area contributed by atoms with Crippen LogP contribution in [0.4, 0.5) is 4.79 Å². The summed E-state index contributed by atoms with van der Waals surface area (Å²) in [5.74, 6) is -2.52. The minimum Gasteiger partial charge on any atom is -0.479 e. The maximum Gasteiger partial charge on any atom is 0.407 e. The molecule has 0 aliphatic rings. The van der Waals surface area contributed by atoms with Gasteiger partial charge in [0.05, 0.1) is 6.04 Å². The number of benzene rings is 1. The Morgan fingerprint density at radius 3 is 2.13 bits per heavy atom. The molecule has 174 valence electrons. The molecule has 0 aliphatic carbocycles. The number of hydrogen-bond acceptors (Lipinski definition) is 5. The van der Waals surface area contributed by atoms with E-state index in [2.05, 4.69) is 10.6 Å². The summed E-state index contributed by atoms with van der Waals surface area (Å²) >= 11 is 0. The Balaban J connectivity index is 3.08. The van der Waals surface area contributed by atoms with Gasteiger partial charge in [0.1, 0.15) is 11.1 Å². The van der Waals surface area contributed by atoms with Crippen molar-refractivity contribution >= 4 is 18.0 Å². The molecule has 1 rings (SSSR count). The summed E-state index contributed by atoms with van der Waals surface area (Å²) in [7, 11) is 0. The van der Waals surface area contributed by atoms with Gasteiger partial charge in [0.15, 0.2) is 6.10 Å². The van der Waals surface area contributed by atoms with Crippen molar-refractivity contribution in [2.24, 2.45) is 5.92 Å². The lowest BCUT2D eigenvalue weighted by Crippen LogP contribution is -2.63. The molecule has 2 unspecified atom stereocenters. The molecule has 31 heavy (non-hydrogen) atoms. The van der Waals surface area contributed by atoms with Gasteiger partial charge in [0, 0.05) is 6.42 Å². The average molecular weight is 437 g/mol. The van der Waals surface area contributed by atoms with Crippen molar-refractivity contribution in [2.45, 2.75) is 84.1 Å². The van der Waals surface area contributed by atoms with Crippen molar-refractivity contribution < 1.29 is 29.3 Å². The Labute approximate surface area is 184 Å². The fourth-order valence-electron chi connectivity index (χ4n) is 3.24. The number of amides is 2. The lowest BCUT2D eigenvalue weighted by molar-refractivity contribution is -0.152. The number of hydrogen-bond donors (Lipinski definition) is 4. The van der Waals surface area contributed by atoms with E-state index in [0.29, 0.717) is 12.8 Å². The predicted molar refractivity (Wildman–Crippen MR) is 118 cm³/mol. The quantitative estimate of drug-likeness (QED) is 0.447. The monoisotopic (exact) mass is 436 g/mol. The topological polar surface area (TPSA) is 125 Å². The molecule has 8 heteroatoms. The van der Waals surface area contributed by atoms with E-state index >= 15 is 0 Å². The van der Waals surface area contributed by atoms with Crippen LogP contribution in [0.1, 0.15) is 59.9 Å². The Hall–Kier alpha value is -2.61. The van der Waals surface area contributed by atoms with Gasteiger partial charge in [-0.15, -0.1) is 0 Å². The summed E-state index contributed by atoms with van der Waals surface area (Å²) < 4.78 is 5.21. The number of aliphatic hydroxyl groups is 1. The zero-order chi connectivity index (χ0) is 23.8. The molecule has 0 heterocycles. The van der Waals surface area contributed by atoms with Crippen LogP contribution >= 0.6 is 0 Å². The first-order valence-electron chi connectivity index (χ1n) is 10.6. The van der Waals surface area contributed by atoms with Gasteiger partial charge in [0.25, 0.3) is 5.91 Å². The van der Waals surface area contributed by atoms with Gasteiger partial charge in [-0.2, -0.15) is 0 Å². The van der Waals surface area contributed by atoms with Crippen molar-refractivity contribution in [3.63, 3.8) is 0 Å². The summed E-state index contributed by atoms with van der Waals surface area (Å²) in [6.07, 6.45) is -1.44. The smallest absolute Gasteiger partial charge is 0.407 e. The first-order chi connectivity index (χ1) is 14.3.